The van der Waals surface area contributed by atoms with Gasteiger partial charge in [0.25, 0.3) is 0 Å². The minimum absolute atomic E-state index is 0.381. The Bertz CT molecular complexity index is 256. The quantitative estimate of drug-likeness (QED) is 0.712. The highest BCUT2D eigenvalue weighted by molar-refractivity contribution is 5.20. The summed E-state index contributed by atoms with van der Waals surface area (Å²) in [7, 11) is 1.68. The molecule has 70 valence electrons. The number of rotatable bonds is 4. The third-order valence-electron chi connectivity index (χ3n) is 2.50. The lowest BCUT2D eigenvalue weighted by Gasteiger charge is -2.16. The maximum Gasteiger partial charge on any atom is 0.0599 e. The molecule has 1 aliphatic rings. The lowest BCUT2D eigenvalue weighted by atomic mass is 10.0. The van der Waals surface area contributed by atoms with Crippen molar-refractivity contribution in [1.82, 2.24) is 5.48 Å². The predicted octanol–water partition coefficient (Wildman–Crippen LogP) is 2.29. The molecule has 1 saturated carbocycles. The van der Waals surface area contributed by atoms with Crippen molar-refractivity contribution in [3.63, 3.8) is 0 Å². The number of hydroxylamine groups is 1. The van der Waals surface area contributed by atoms with E-state index in [1.807, 2.05) is 6.07 Å². The van der Waals surface area contributed by atoms with E-state index in [9.17, 15) is 0 Å². The van der Waals surface area contributed by atoms with Crippen LogP contribution in [0.15, 0.2) is 30.3 Å². The summed E-state index contributed by atoms with van der Waals surface area (Å²) in [5.74, 6) is 0.766. The van der Waals surface area contributed by atoms with Crippen molar-refractivity contribution in [1.29, 1.82) is 0 Å². The largest absolute Gasteiger partial charge is 0.305 e. The van der Waals surface area contributed by atoms with Gasteiger partial charge in [0.15, 0.2) is 0 Å². The van der Waals surface area contributed by atoms with E-state index in [2.05, 4.69) is 29.7 Å². The molecule has 0 aromatic heterocycles. The van der Waals surface area contributed by atoms with Crippen LogP contribution >= 0.6 is 0 Å². The minimum atomic E-state index is 0.381. The fourth-order valence-electron chi connectivity index (χ4n) is 1.65. The SMILES string of the molecule is CONC(c1ccccc1)C1CC1. The molecule has 1 aromatic carbocycles. The summed E-state index contributed by atoms with van der Waals surface area (Å²) in [6, 6.07) is 10.9. The highest BCUT2D eigenvalue weighted by Crippen LogP contribution is 2.40. The van der Waals surface area contributed by atoms with Gasteiger partial charge in [-0.15, -0.1) is 0 Å². The second-order valence-corrected chi connectivity index (χ2v) is 3.55. The molecule has 2 rings (SSSR count). The fraction of sp³-hybridized carbons (Fsp3) is 0.455. The lowest BCUT2D eigenvalue weighted by molar-refractivity contribution is 0.0536. The summed E-state index contributed by atoms with van der Waals surface area (Å²) in [6.07, 6.45) is 2.63. The Labute approximate surface area is 78.9 Å². The molecule has 0 bridgehead atoms. The van der Waals surface area contributed by atoms with Crippen molar-refractivity contribution < 1.29 is 4.84 Å². The highest BCUT2D eigenvalue weighted by atomic mass is 16.6. The molecule has 1 atom stereocenters. The summed E-state index contributed by atoms with van der Waals surface area (Å²) in [4.78, 5) is 5.01. The van der Waals surface area contributed by atoms with Gasteiger partial charge in [0, 0.05) is 0 Å². The second kappa shape index (κ2) is 3.90. The predicted molar refractivity (Wildman–Crippen MR) is 52.1 cm³/mol. The van der Waals surface area contributed by atoms with Gasteiger partial charge in [-0.1, -0.05) is 30.3 Å². The van der Waals surface area contributed by atoms with Crippen molar-refractivity contribution in [3.05, 3.63) is 35.9 Å². The summed E-state index contributed by atoms with van der Waals surface area (Å²) in [6.45, 7) is 0. The zero-order valence-corrected chi connectivity index (χ0v) is 7.86. The van der Waals surface area contributed by atoms with Gasteiger partial charge in [0.2, 0.25) is 0 Å². The van der Waals surface area contributed by atoms with Crippen LogP contribution in [0.4, 0.5) is 0 Å². The third kappa shape index (κ3) is 2.08. The van der Waals surface area contributed by atoms with Gasteiger partial charge in [-0.2, -0.15) is 5.48 Å². The van der Waals surface area contributed by atoms with Gasteiger partial charge in [-0.05, 0) is 24.3 Å². The van der Waals surface area contributed by atoms with E-state index in [1.54, 1.807) is 7.11 Å². The molecule has 2 heteroatoms. The second-order valence-electron chi connectivity index (χ2n) is 3.55. The Hall–Kier alpha value is -0.860. The maximum atomic E-state index is 5.01. The van der Waals surface area contributed by atoms with Gasteiger partial charge in [-0.3, -0.25) is 0 Å². The first-order chi connectivity index (χ1) is 6.42. The van der Waals surface area contributed by atoms with E-state index in [0.717, 1.165) is 5.92 Å². The summed E-state index contributed by atoms with van der Waals surface area (Å²) < 4.78 is 0. The summed E-state index contributed by atoms with van der Waals surface area (Å²) in [5.41, 5.74) is 4.39. The first-order valence-electron chi connectivity index (χ1n) is 4.75. The number of hydrogen-bond donors (Lipinski definition) is 1. The number of benzene rings is 1. The Morgan fingerprint density at radius 3 is 2.54 bits per heavy atom. The molecule has 1 aromatic rings. The van der Waals surface area contributed by atoms with E-state index < -0.39 is 0 Å². The summed E-state index contributed by atoms with van der Waals surface area (Å²) >= 11 is 0. The van der Waals surface area contributed by atoms with Gasteiger partial charge >= 0.3 is 0 Å². The highest BCUT2D eigenvalue weighted by Gasteiger charge is 2.32. The topological polar surface area (TPSA) is 21.3 Å². The van der Waals surface area contributed by atoms with E-state index in [0.29, 0.717) is 6.04 Å². The molecule has 1 unspecified atom stereocenters. The van der Waals surface area contributed by atoms with Crippen molar-refractivity contribution in [2.75, 3.05) is 7.11 Å². The van der Waals surface area contributed by atoms with E-state index in [-0.39, 0.29) is 0 Å². The smallest absolute Gasteiger partial charge is 0.0599 e. The Morgan fingerprint density at radius 2 is 2.00 bits per heavy atom. The standard InChI is InChI=1S/C11H15NO/c1-13-12-11(10-7-8-10)9-5-3-2-4-6-9/h2-6,10-12H,7-8H2,1H3. The van der Waals surface area contributed by atoms with Crippen LogP contribution in [-0.2, 0) is 4.84 Å². The first kappa shape index (κ1) is 8.73. The zero-order chi connectivity index (χ0) is 9.10. The van der Waals surface area contributed by atoms with Crippen LogP contribution < -0.4 is 5.48 Å². The van der Waals surface area contributed by atoms with Crippen LogP contribution in [-0.4, -0.2) is 7.11 Å². The molecule has 0 amide bonds. The van der Waals surface area contributed by atoms with Crippen LogP contribution in [0.3, 0.4) is 0 Å². The molecular formula is C11H15NO. The molecular weight excluding hydrogens is 162 g/mol. The monoisotopic (exact) mass is 177 g/mol. The molecule has 0 radical (unpaired) electrons. The summed E-state index contributed by atoms with van der Waals surface area (Å²) in [5, 5.41) is 0. The van der Waals surface area contributed by atoms with E-state index >= 15 is 0 Å². The lowest BCUT2D eigenvalue weighted by Crippen LogP contribution is -2.21. The first-order valence-corrected chi connectivity index (χ1v) is 4.75. The van der Waals surface area contributed by atoms with Crippen LogP contribution in [0.2, 0.25) is 0 Å². The van der Waals surface area contributed by atoms with Crippen molar-refractivity contribution in [2.24, 2.45) is 5.92 Å². The molecule has 1 aliphatic carbocycles. The van der Waals surface area contributed by atoms with E-state index in [1.165, 1.54) is 18.4 Å². The molecule has 0 spiro atoms. The van der Waals surface area contributed by atoms with Crippen LogP contribution in [0, 0.1) is 5.92 Å². The fourth-order valence-corrected chi connectivity index (χ4v) is 1.65. The molecule has 0 aliphatic heterocycles. The Balaban J connectivity index is 2.10. The van der Waals surface area contributed by atoms with Crippen molar-refractivity contribution in [3.8, 4) is 0 Å². The Morgan fingerprint density at radius 1 is 1.31 bits per heavy atom. The van der Waals surface area contributed by atoms with Gasteiger partial charge in [0.05, 0.1) is 13.2 Å². The average Bonchev–Trinajstić information content (AvgIpc) is 2.99. The molecule has 0 heterocycles. The third-order valence-corrected chi connectivity index (χ3v) is 2.50. The maximum absolute atomic E-state index is 5.01. The van der Waals surface area contributed by atoms with Gasteiger partial charge in [0.1, 0.15) is 0 Å². The molecule has 1 fully saturated rings. The number of hydrogen-bond acceptors (Lipinski definition) is 2. The normalized spacial score (nSPS) is 18.5. The van der Waals surface area contributed by atoms with Gasteiger partial charge in [-0.25, -0.2) is 0 Å². The minimum Gasteiger partial charge on any atom is -0.305 e. The molecule has 0 saturated heterocycles. The zero-order valence-electron chi connectivity index (χ0n) is 7.86. The van der Waals surface area contributed by atoms with Crippen LogP contribution in [0.5, 0.6) is 0 Å². The molecule has 13 heavy (non-hydrogen) atoms. The van der Waals surface area contributed by atoms with Crippen molar-refractivity contribution >= 4 is 0 Å². The van der Waals surface area contributed by atoms with Gasteiger partial charge < -0.3 is 4.84 Å². The van der Waals surface area contributed by atoms with Crippen LogP contribution in [0.1, 0.15) is 24.4 Å². The van der Waals surface area contributed by atoms with Crippen LogP contribution in [0.25, 0.3) is 0 Å². The van der Waals surface area contributed by atoms with Crippen molar-refractivity contribution in [2.45, 2.75) is 18.9 Å². The molecule has 1 N–H and O–H groups in total. The average molecular weight is 177 g/mol. The molecule has 2 nitrogen and oxygen atoms in total. The number of nitrogens with one attached hydrogen (secondary N) is 1. The van der Waals surface area contributed by atoms with E-state index in [4.69, 9.17) is 4.84 Å². The Kier molecular flexibility index (Phi) is 2.62.